The molecular formula is C14H18FN3OS. The Morgan fingerprint density at radius 2 is 2.00 bits per heavy atom. The van der Waals surface area contributed by atoms with Crippen molar-refractivity contribution in [3.63, 3.8) is 0 Å². The molecule has 20 heavy (non-hydrogen) atoms. The van der Waals surface area contributed by atoms with Gasteiger partial charge in [-0.25, -0.2) is 4.39 Å². The van der Waals surface area contributed by atoms with E-state index in [9.17, 15) is 9.18 Å². The van der Waals surface area contributed by atoms with Crippen LogP contribution in [0.3, 0.4) is 0 Å². The van der Waals surface area contributed by atoms with Crippen LogP contribution in [0.5, 0.6) is 0 Å². The van der Waals surface area contributed by atoms with Crippen molar-refractivity contribution in [2.45, 2.75) is 19.3 Å². The van der Waals surface area contributed by atoms with Crippen molar-refractivity contribution in [3.8, 4) is 0 Å². The Bertz CT molecular complexity index is 527. The number of benzene rings is 1. The minimum absolute atomic E-state index is 0.190. The number of hydrogen-bond donors (Lipinski definition) is 2. The third kappa shape index (κ3) is 3.45. The largest absolute Gasteiger partial charge is 0.389 e. The van der Waals surface area contributed by atoms with Gasteiger partial charge >= 0.3 is 0 Å². The predicted molar refractivity (Wildman–Crippen MR) is 81.0 cm³/mol. The minimum atomic E-state index is -0.316. The smallest absolute Gasteiger partial charge is 0.217 e. The number of carbonyl (C=O) groups is 1. The molecular weight excluding hydrogens is 277 g/mol. The molecule has 1 aromatic carbocycles. The molecule has 6 heteroatoms. The zero-order valence-corrected chi connectivity index (χ0v) is 12.0. The third-order valence-corrected chi connectivity index (χ3v) is 3.91. The zero-order chi connectivity index (χ0) is 14.7. The van der Waals surface area contributed by atoms with E-state index in [1.807, 2.05) is 4.90 Å². The number of rotatable bonds is 4. The van der Waals surface area contributed by atoms with Crippen LogP contribution < -0.4 is 16.4 Å². The molecule has 4 N–H and O–H groups in total. The quantitative estimate of drug-likeness (QED) is 0.827. The van der Waals surface area contributed by atoms with Crippen LogP contribution in [0, 0.1) is 11.7 Å². The van der Waals surface area contributed by atoms with Gasteiger partial charge in [-0.15, -0.1) is 0 Å². The molecule has 1 fully saturated rings. The highest BCUT2D eigenvalue weighted by Gasteiger charge is 2.22. The van der Waals surface area contributed by atoms with E-state index < -0.39 is 0 Å². The zero-order valence-electron chi connectivity index (χ0n) is 11.1. The maximum atomic E-state index is 14.1. The lowest BCUT2D eigenvalue weighted by molar-refractivity contribution is -0.119. The first-order valence-electron chi connectivity index (χ1n) is 6.60. The molecule has 0 radical (unpaired) electrons. The summed E-state index contributed by atoms with van der Waals surface area (Å²) in [6, 6.07) is 4.81. The summed E-state index contributed by atoms with van der Waals surface area (Å²) < 4.78 is 14.1. The number of thiocarbonyl (C=S) groups is 1. The molecule has 0 spiro atoms. The van der Waals surface area contributed by atoms with Crippen LogP contribution >= 0.6 is 12.2 Å². The SMILES string of the molecule is NC(=O)CC1CCN(c2ccc(C(N)=S)cc2F)CC1. The molecule has 0 aliphatic carbocycles. The Morgan fingerprint density at radius 1 is 1.35 bits per heavy atom. The van der Waals surface area contributed by atoms with E-state index in [1.54, 1.807) is 12.1 Å². The van der Waals surface area contributed by atoms with Crippen molar-refractivity contribution in [1.82, 2.24) is 0 Å². The predicted octanol–water partition coefficient (Wildman–Crippen LogP) is 1.55. The summed E-state index contributed by atoms with van der Waals surface area (Å²) in [6.45, 7) is 1.45. The molecule has 1 aromatic rings. The second-order valence-electron chi connectivity index (χ2n) is 5.13. The van der Waals surface area contributed by atoms with Crippen molar-refractivity contribution in [3.05, 3.63) is 29.6 Å². The van der Waals surface area contributed by atoms with E-state index in [2.05, 4.69) is 0 Å². The van der Waals surface area contributed by atoms with E-state index in [-0.39, 0.29) is 16.7 Å². The summed E-state index contributed by atoms with van der Waals surface area (Å²) in [5.41, 5.74) is 11.8. The summed E-state index contributed by atoms with van der Waals surface area (Å²) in [5.74, 6) is -0.276. The molecule has 2 rings (SSSR count). The second-order valence-corrected chi connectivity index (χ2v) is 5.57. The monoisotopic (exact) mass is 295 g/mol. The van der Waals surface area contributed by atoms with Crippen molar-refractivity contribution >= 4 is 28.8 Å². The van der Waals surface area contributed by atoms with Crippen LogP contribution in [0.15, 0.2) is 18.2 Å². The number of primary amides is 1. The highest BCUT2D eigenvalue weighted by atomic mass is 32.1. The van der Waals surface area contributed by atoms with Crippen molar-refractivity contribution in [2.24, 2.45) is 17.4 Å². The van der Waals surface area contributed by atoms with Crippen molar-refractivity contribution < 1.29 is 9.18 Å². The Kier molecular flexibility index (Phi) is 4.54. The maximum absolute atomic E-state index is 14.1. The van der Waals surface area contributed by atoms with E-state index in [4.69, 9.17) is 23.7 Å². The first-order valence-corrected chi connectivity index (χ1v) is 7.01. The van der Waals surface area contributed by atoms with Crippen LogP contribution in [0.1, 0.15) is 24.8 Å². The standard InChI is InChI=1S/C14H18FN3OS/c15-11-8-10(14(17)20)1-2-12(11)18-5-3-9(4-6-18)7-13(16)19/h1-2,8-9H,3-7H2,(H2,16,19)(H2,17,20). The molecule has 0 aromatic heterocycles. The minimum Gasteiger partial charge on any atom is -0.389 e. The Hall–Kier alpha value is -1.69. The van der Waals surface area contributed by atoms with Gasteiger partial charge in [-0.1, -0.05) is 12.2 Å². The van der Waals surface area contributed by atoms with Crippen LogP contribution in [-0.2, 0) is 4.79 Å². The summed E-state index contributed by atoms with van der Waals surface area (Å²) in [5, 5.41) is 0. The van der Waals surface area contributed by atoms with Gasteiger partial charge in [0.15, 0.2) is 0 Å². The first kappa shape index (κ1) is 14.7. The molecule has 1 amide bonds. The van der Waals surface area contributed by atoms with E-state index in [0.29, 0.717) is 23.6 Å². The Morgan fingerprint density at radius 3 is 2.50 bits per heavy atom. The van der Waals surface area contributed by atoms with E-state index in [1.165, 1.54) is 6.07 Å². The summed E-state index contributed by atoms with van der Waals surface area (Å²) >= 11 is 4.83. The summed E-state index contributed by atoms with van der Waals surface area (Å²) in [4.78, 5) is 13.1. The lowest BCUT2D eigenvalue weighted by Crippen LogP contribution is -2.35. The molecule has 1 saturated heterocycles. The van der Waals surface area contributed by atoms with Crippen molar-refractivity contribution in [2.75, 3.05) is 18.0 Å². The highest BCUT2D eigenvalue weighted by Crippen LogP contribution is 2.27. The Balaban J connectivity index is 2.03. The normalized spacial score (nSPS) is 16.1. The van der Waals surface area contributed by atoms with Crippen LogP contribution in [0.25, 0.3) is 0 Å². The fourth-order valence-corrected chi connectivity index (χ4v) is 2.71. The number of hydrogen-bond acceptors (Lipinski definition) is 3. The number of anilines is 1. The maximum Gasteiger partial charge on any atom is 0.217 e. The van der Waals surface area contributed by atoms with Gasteiger partial charge in [0.05, 0.1) is 5.69 Å². The second kappa shape index (κ2) is 6.17. The van der Waals surface area contributed by atoms with Gasteiger partial charge in [-0.3, -0.25) is 4.79 Å². The number of amides is 1. The Labute approximate surface area is 122 Å². The van der Waals surface area contributed by atoms with Gasteiger partial charge in [0.25, 0.3) is 0 Å². The molecule has 0 atom stereocenters. The number of halogens is 1. The number of piperidine rings is 1. The fourth-order valence-electron chi connectivity index (χ4n) is 2.58. The molecule has 1 aliphatic heterocycles. The average molecular weight is 295 g/mol. The van der Waals surface area contributed by atoms with Gasteiger partial charge in [-0.05, 0) is 37.0 Å². The summed E-state index contributed by atoms with van der Waals surface area (Å²) in [7, 11) is 0. The van der Waals surface area contributed by atoms with Crippen LogP contribution in [0.4, 0.5) is 10.1 Å². The molecule has 108 valence electrons. The summed E-state index contributed by atoms with van der Waals surface area (Å²) in [6.07, 6.45) is 2.11. The molecule has 0 unspecified atom stereocenters. The molecule has 1 aliphatic rings. The number of carbonyl (C=O) groups excluding carboxylic acids is 1. The van der Waals surface area contributed by atoms with E-state index >= 15 is 0 Å². The topological polar surface area (TPSA) is 72.4 Å². The lowest BCUT2D eigenvalue weighted by Gasteiger charge is -2.33. The lowest BCUT2D eigenvalue weighted by atomic mass is 9.93. The van der Waals surface area contributed by atoms with Gasteiger partial charge in [-0.2, -0.15) is 0 Å². The van der Waals surface area contributed by atoms with Crippen LogP contribution in [0.2, 0.25) is 0 Å². The van der Waals surface area contributed by atoms with Crippen molar-refractivity contribution in [1.29, 1.82) is 0 Å². The average Bonchev–Trinajstić information content (AvgIpc) is 2.39. The van der Waals surface area contributed by atoms with Gasteiger partial charge in [0, 0.05) is 25.1 Å². The molecule has 4 nitrogen and oxygen atoms in total. The number of nitrogens with two attached hydrogens (primary N) is 2. The third-order valence-electron chi connectivity index (χ3n) is 3.68. The highest BCUT2D eigenvalue weighted by molar-refractivity contribution is 7.80. The number of nitrogens with zero attached hydrogens (tertiary/aromatic N) is 1. The van der Waals surface area contributed by atoms with Gasteiger partial charge in [0.2, 0.25) is 5.91 Å². The van der Waals surface area contributed by atoms with Gasteiger partial charge in [0.1, 0.15) is 10.8 Å². The van der Waals surface area contributed by atoms with Crippen LogP contribution in [-0.4, -0.2) is 24.0 Å². The molecule has 0 bridgehead atoms. The van der Waals surface area contributed by atoms with Gasteiger partial charge < -0.3 is 16.4 Å². The first-order chi connectivity index (χ1) is 9.47. The van der Waals surface area contributed by atoms with E-state index in [0.717, 1.165) is 25.9 Å². The fraction of sp³-hybridized carbons (Fsp3) is 0.429. The molecule has 1 heterocycles. The molecule has 0 saturated carbocycles.